The Morgan fingerprint density at radius 3 is 1.29 bits per heavy atom. The molecule has 1 heteroatoms. The van der Waals surface area contributed by atoms with E-state index in [0.29, 0.717) is 12.2 Å². The number of ether oxygens (including phenoxy) is 1. The van der Waals surface area contributed by atoms with Crippen LogP contribution in [0.4, 0.5) is 0 Å². The molecule has 2 rings (SSSR count). The van der Waals surface area contributed by atoms with Crippen LogP contribution in [0, 0.1) is 0 Å². The maximum absolute atomic E-state index is 5.66. The van der Waals surface area contributed by atoms with Gasteiger partial charge in [0.15, 0.2) is 0 Å². The van der Waals surface area contributed by atoms with Gasteiger partial charge in [-0.05, 0) is 51.4 Å². The van der Waals surface area contributed by atoms with E-state index < -0.39 is 0 Å². The maximum atomic E-state index is 5.66. The molecule has 2 atom stereocenters. The van der Waals surface area contributed by atoms with Gasteiger partial charge in [-0.2, -0.15) is 0 Å². The third kappa shape index (κ3) is 5.36. The van der Waals surface area contributed by atoms with Crippen molar-refractivity contribution in [3.63, 3.8) is 0 Å². The number of hydrogen-bond donors (Lipinski definition) is 0. The lowest BCUT2D eigenvalue weighted by atomic mass is 10.1. The molecule has 2 aliphatic rings. The second-order valence-corrected chi connectivity index (χ2v) is 4.94. The molecule has 0 aromatic rings. The molecule has 1 nitrogen and oxygen atoms in total. The van der Waals surface area contributed by atoms with Crippen LogP contribution in [0.3, 0.4) is 0 Å². The van der Waals surface area contributed by atoms with Crippen molar-refractivity contribution in [2.24, 2.45) is 0 Å². The standard InChI is InChI=1S/C16H24O/c1-2-4-6-8-10-12-14-16-15(17-16)13-11-9-7-5-3-1/h1-2,7-10,15-16H,3-6,11-14H2/b2-1?,9-7-,10-8-. The highest BCUT2D eigenvalue weighted by Gasteiger charge is 2.36. The van der Waals surface area contributed by atoms with E-state index >= 15 is 0 Å². The van der Waals surface area contributed by atoms with Gasteiger partial charge in [-0.25, -0.2) is 0 Å². The first kappa shape index (κ1) is 12.6. The second-order valence-electron chi connectivity index (χ2n) is 4.94. The molecule has 0 spiro atoms. The van der Waals surface area contributed by atoms with Crippen molar-refractivity contribution >= 4 is 0 Å². The number of hydrogen-bond acceptors (Lipinski definition) is 1. The van der Waals surface area contributed by atoms with Crippen molar-refractivity contribution < 1.29 is 4.74 Å². The van der Waals surface area contributed by atoms with Crippen molar-refractivity contribution in [2.75, 3.05) is 0 Å². The minimum Gasteiger partial charge on any atom is -0.370 e. The van der Waals surface area contributed by atoms with Crippen LogP contribution in [-0.4, -0.2) is 12.2 Å². The second kappa shape index (κ2) is 7.50. The molecule has 94 valence electrons. The van der Waals surface area contributed by atoms with Gasteiger partial charge in [0.1, 0.15) is 0 Å². The van der Waals surface area contributed by atoms with Crippen LogP contribution < -0.4 is 0 Å². The fourth-order valence-corrected chi connectivity index (χ4v) is 2.30. The first-order valence-corrected chi connectivity index (χ1v) is 7.07. The van der Waals surface area contributed by atoms with Gasteiger partial charge < -0.3 is 4.74 Å². The van der Waals surface area contributed by atoms with Crippen molar-refractivity contribution in [3.8, 4) is 0 Å². The van der Waals surface area contributed by atoms with Gasteiger partial charge in [0, 0.05) is 0 Å². The molecule has 1 aliphatic heterocycles. The number of rotatable bonds is 0. The summed E-state index contributed by atoms with van der Waals surface area (Å²) in [6, 6.07) is 0. The van der Waals surface area contributed by atoms with E-state index in [9.17, 15) is 0 Å². The van der Waals surface area contributed by atoms with Gasteiger partial charge in [0.05, 0.1) is 12.2 Å². The zero-order valence-electron chi connectivity index (χ0n) is 10.7. The molecule has 2 unspecified atom stereocenters. The van der Waals surface area contributed by atoms with Gasteiger partial charge in [-0.15, -0.1) is 0 Å². The molecule has 1 saturated heterocycles. The van der Waals surface area contributed by atoms with Crippen molar-refractivity contribution in [3.05, 3.63) is 36.5 Å². The Kier molecular flexibility index (Phi) is 5.57. The van der Waals surface area contributed by atoms with Crippen LogP contribution in [0.5, 0.6) is 0 Å². The van der Waals surface area contributed by atoms with Gasteiger partial charge in [-0.1, -0.05) is 36.5 Å². The van der Waals surface area contributed by atoms with Crippen molar-refractivity contribution in [1.82, 2.24) is 0 Å². The van der Waals surface area contributed by atoms with E-state index in [-0.39, 0.29) is 0 Å². The summed E-state index contributed by atoms with van der Waals surface area (Å²) in [5.41, 5.74) is 0. The summed E-state index contributed by atoms with van der Waals surface area (Å²) in [6.45, 7) is 0. The number of allylic oxidation sites excluding steroid dienone is 6. The summed E-state index contributed by atoms with van der Waals surface area (Å²) in [6.07, 6.45) is 24.5. The average molecular weight is 232 g/mol. The third-order valence-corrected chi connectivity index (χ3v) is 3.42. The van der Waals surface area contributed by atoms with Gasteiger partial charge in [-0.3, -0.25) is 0 Å². The summed E-state index contributed by atoms with van der Waals surface area (Å²) in [7, 11) is 0. The Bertz CT molecular complexity index is 260. The van der Waals surface area contributed by atoms with E-state index in [1.807, 2.05) is 0 Å². The lowest BCUT2D eigenvalue weighted by Gasteiger charge is -1.93. The quantitative estimate of drug-likeness (QED) is 0.440. The third-order valence-electron chi connectivity index (χ3n) is 3.42. The van der Waals surface area contributed by atoms with Crippen molar-refractivity contribution in [1.29, 1.82) is 0 Å². The molecule has 0 aromatic carbocycles. The molecule has 0 radical (unpaired) electrons. The molecule has 1 fully saturated rings. The predicted octanol–water partition coefficient (Wildman–Crippen LogP) is 4.56. The molecule has 1 aliphatic carbocycles. The topological polar surface area (TPSA) is 12.5 Å². The zero-order valence-corrected chi connectivity index (χ0v) is 10.7. The normalized spacial score (nSPS) is 34.8. The van der Waals surface area contributed by atoms with E-state index in [0.717, 1.165) is 0 Å². The Morgan fingerprint density at radius 1 is 0.529 bits per heavy atom. The Morgan fingerprint density at radius 2 is 0.882 bits per heavy atom. The van der Waals surface area contributed by atoms with E-state index in [2.05, 4.69) is 36.5 Å². The van der Waals surface area contributed by atoms with Gasteiger partial charge >= 0.3 is 0 Å². The van der Waals surface area contributed by atoms with Crippen LogP contribution in [0.1, 0.15) is 51.4 Å². The average Bonchev–Trinajstić information content (AvgIpc) is 3.07. The van der Waals surface area contributed by atoms with Crippen molar-refractivity contribution in [2.45, 2.75) is 63.6 Å². The fraction of sp³-hybridized carbons (Fsp3) is 0.625. The molecule has 0 bridgehead atoms. The van der Waals surface area contributed by atoms with Crippen LogP contribution in [0.15, 0.2) is 36.5 Å². The first-order valence-electron chi connectivity index (χ1n) is 7.07. The Hall–Kier alpha value is -0.820. The van der Waals surface area contributed by atoms with E-state index in [1.54, 1.807) is 0 Å². The lowest BCUT2D eigenvalue weighted by molar-refractivity contribution is 0.357. The fourth-order valence-electron chi connectivity index (χ4n) is 2.30. The highest BCUT2D eigenvalue weighted by Crippen LogP contribution is 2.30. The predicted molar refractivity (Wildman–Crippen MR) is 73.0 cm³/mol. The highest BCUT2D eigenvalue weighted by atomic mass is 16.6. The van der Waals surface area contributed by atoms with Crippen LogP contribution in [-0.2, 0) is 4.74 Å². The Balaban J connectivity index is 1.74. The van der Waals surface area contributed by atoms with Gasteiger partial charge in [0.25, 0.3) is 0 Å². The van der Waals surface area contributed by atoms with Gasteiger partial charge in [0.2, 0.25) is 0 Å². The first-order chi connectivity index (χ1) is 8.47. The lowest BCUT2D eigenvalue weighted by Crippen LogP contribution is -1.92. The minimum absolute atomic E-state index is 0.556. The molecular weight excluding hydrogens is 208 g/mol. The van der Waals surface area contributed by atoms with Crippen LogP contribution in [0.25, 0.3) is 0 Å². The molecule has 0 aromatic heterocycles. The molecule has 1 heterocycles. The van der Waals surface area contributed by atoms with E-state index in [1.165, 1.54) is 51.4 Å². The largest absolute Gasteiger partial charge is 0.370 e. The number of epoxide rings is 1. The molecule has 17 heavy (non-hydrogen) atoms. The highest BCUT2D eigenvalue weighted by molar-refractivity contribution is 4.94. The maximum Gasteiger partial charge on any atom is 0.0845 e. The SMILES string of the molecule is C1=CCC/C=C\CCC2OC2CC/C=C\CC1. The smallest absolute Gasteiger partial charge is 0.0845 e. The number of fused-ring (bicyclic) bond motifs is 1. The monoisotopic (exact) mass is 232 g/mol. The summed E-state index contributed by atoms with van der Waals surface area (Å²) in [4.78, 5) is 0. The minimum atomic E-state index is 0.556. The summed E-state index contributed by atoms with van der Waals surface area (Å²) < 4.78 is 5.66. The van der Waals surface area contributed by atoms with Crippen LogP contribution in [0.2, 0.25) is 0 Å². The summed E-state index contributed by atoms with van der Waals surface area (Å²) in [5.74, 6) is 0. The molecular formula is C16H24O. The molecule has 0 N–H and O–H groups in total. The molecule has 0 amide bonds. The molecule has 0 saturated carbocycles. The van der Waals surface area contributed by atoms with E-state index in [4.69, 9.17) is 4.74 Å². The van der Waals surface area contributed by atoms with Crippen LogP contribution >= 0.6 is 0 Å². The Labute approximate surface area is 105 Å². The summed E-state index contributed by atoms with van der Waals surface area (Å²) in [5, 5.41) is 0. The summed E-state index contributed by atoms with van der Waals surface area (Å²) >= 11 is 0. The zero-order chi connectivity index (χ0) is 11.8.